The maximum absolute atomic E-state index is 12.4. The monoisotopic (exact) mass is 495 g/mol. The Kier molecular flexibility index (Phi) is 6.62. The van der Waals surface area contributed by atoms with Crippen molar-refractivity contribution < 1.29 is 4.79 Å². The van der Waals surface area contributed by atoms with Crippen molar-refractivity contribution >= 4 is 60.9 Å². The molecule has 1 N–H and O–H groups in total. The zero-order chi connectivity index (χ0) is 20.9. The van der Waals surface area contributed by atoms with Gasteiger partial charge < -0.3 is 0 Å². The second-order valence-corrected chi connectivity index (χ2v) is 9.75. The first-order valence-electron chi connectivity index (χ1n) is 9.26. The van der Waals surface area contributed by atoms with Crippen molar-refractivity contribution in [1.29, 1.82) is 0 Å². The van der Waals surface area contributed by atoms with E-state index < -0.39 is 0 Å². The van der Waals surface area contributed by atoms with E-state index in [4.69, 9.17) is 0 Å². The number of amides is 1. The zero-order valence-electron chi connectivity index (χ0n) is 16.1. The molecule has 0 aliphatic heterocycles. The summed E-state index contributed by atoms with van der Waals surface area (Å²) in [6, 6.07) is 23.6. The number of fused-ring (bicyclic) bond motifs is 1. The van der Waals surface area contributed by atoms with Crippen LogP contribution in [0.15, 0.2) is 86.7 Å². The van der Waals surface area contributed by atoms with Crippen LogP contribution in [0, 0.1) is 0 Å². The summed E-state index contributed by atoms with van der Waals surface area (Å²) in [6.45, 7) is 1.87. The third-order valence-corrected chi connectivity index (χ3v) is 7.22. The second kappa shape index (κ2) is 9.55. The number of aromatic nitrogens is 1. The summed E-state index contributed by atoms with van der Waals surface area (Å²) in [4.78, 5) is 17.0. The Morgan fingerprint density at radius 2 is 1.73 bits per heavy atom. The Morgan fingerprint density at radius 1 is 1.03 bits per heavy atom. The molecule has 0 aliphatic carbocycles. The molecular weight excluding hydrogens is 478 g/mol. The fourth-order valence-electron chi connectivity index (χ4n) is 2.77. The van der Waals surface area contributed by atoms with Crippen LogP contribution in [0.1, 0.15) is 28.4 Å². The lowest BCUT2D eigenvalue weighted by Gasteiger charge is -2.05. The summed E-state index contributed by atoms with van der Waals surface area (Å²) in [5, 5.41) is 4.21. The smallest absolute Gasteiger partial charge is 0.267 e. The van der Waals surface area contributed by atoms with Gasteiger partial charge in [0, 0.05) is 15.8 Å². The lowest BCUT2D eigenvalue weighted by Crippen LogP contribution is -2.19. The van der Waals surface area contributed by atoms with Crippen molar-refractivity contribution in [3.63, 3.8) is 0 Å². The SMILES string of the molecule is CC(=NNC(=O)c1ccc(CSc2nc3ccccc3s2)cc1)c1ccc(Br)cc1. The normalized spacial score (nSPS) is 11.6. The number of thiazole rings is 1. The topological polar surface area (TPSA) is 54.4 Å². The summed E-state index contributed by atoms with van der Waals surface area (Å²) in [5.74, 6) is 0.583. The van der Waals surface area contributed by atoms with Crippen LogP contribution in [0.2, 0.25) is 0 Å². The molecule has 0 spiro atoms. The van der Waals surface area contributed by atoms with E-state index in [2.05, 4.69) is 37.5 Å². The van der Waals surface area contributed by atoms with Crippen LogP contribution in [0.3, 0.4) is 0 Å². The van der Waals surface area contributed by atoms with E-state index in [1.807, 2.05) is 73.7 Å². The maximum atomic E-state index is 12.4. The highest BCUT2D eigenvalue weighted by atomic mass is 79.9. The Balaban J connectivity index is 1.34. The molecule has 7 heteroatoms. The molecule has 0 bridgehead atoms. The fourth-order valence-corrected chi connectivity index (χ4v) is 5.05. The third-order valence-electron chi connectivity index (χ3n) is 4.44. The van der Waals surface area contributed by atoms with Crippen molar-refractivity contribution in [2.75, 3.05) is 0 Å². The van der Waals surface area contributed by atoms with Gasteiger partial charge in [-0.15, -0.1) is 11.3 Å². The molecule has 3 aromatic carbocycles. The van der Waals surface area contributed by atoms with Crippen molar-refractivity contribution in [1.82, 2.24) is 10.4 Å². The van der Waals surface area contributed by atoms with Gasteiger partial charge in [0.05, 0.1) is 15.9 Å². The van der Waals surface area contributed by atoms with Gasteiger partial charge in [-0.25, -0.2) is 10.4 Å². The quantitative estimate of drug-likeness (QED) is 0.188. The first kappa shape index (κ1) is 20.8. The molecule has 0 fully saturated rings. The van der Waals surface area contributed by atoms with Crippen LogP contribution >= 0.6 is 39.0 Å². The van der Waals surface area contributed by atoms with Crippen molar-refractivity contribution in [3.05, 3.63) is 94.0 Å². The first-order valence-corrected chi connectivity index (χ1v) is 11.9. The molecule has 0 atom stereocenters. The highest BCUT2D eigenvalue weighted by molar-refractivity contribution is 9.10. The molecule has 0 unspecified atom stereocenters. The number of thioether (sulfide) groups is 1. The van der Waals surface area contributed by atoms with E-state index >= 15 is 0 Å². The molecule has 0 radical (unpaired) electrons. The molecule has 1 amide bonds. The minimum atomic E-state index is -0.225. The highest BCUT2D eigenvalue weighted by Crippen LogP contribution is 2.31. The van der Waals surface area contributed by atoms with Gasteiger partial charge in [-0.05, 0) is 54.4 Å². The Labute approximate surface area is 191 Å². The fraction of sp³-hybridized carbons (Fsp3) is 0.0870. The number of carbonyl (C=O) groups excluding carboxylic acids is 1. The zero-order valence-corrected chi connectivity index (χ0v) is 19.4. The van der Waals surface area contributed by atoms with Gasteiger partial charge in [0.1, 0.15) is 0 Å². The number of halogens is 1. The molecule has 30 heavy (non-hydrogen) atoms. The highest BCUT2D eigenvalue weighted by Gasteiger charge is 2.07. The van der Waals surface area contributed by atoms with Gasteiger partial charge in [0.25, 0.3) is 5.91 Å². The average molecular weight is 496 g/mol. The van der Waals surface area contributed by atoms with E-state index in [0.717, 1.165) is 36.9 Å². The minimum Gasteiger partial charge on any atom is -0.267 e. The Morgan fingerprint density at radius 3 is 2.47 bits per heavy atom. The lowest BCUT2D eigenvalue weighted by atomic mass is 10.1. The van der Waals surface area contributed by atoms with Gasteiger partial charge >= 0.3 is 0 Å². The maximum Gasteiger partial charge on any atom is 0.271 e. The summed E-state index contributed by atoms with van der Waals surface area (Å²) >= 11 is 6.82. The Bertz CT molecular complexity index is 1170. The number of hydrogen-bond donors (Lipinski definition) is 1. The number of benzene rings is 3. The van der Waals surface area contributed by atoms with Gasteiger partial charge in [-0.3, -0.25) is 4.79 Å². The van der Waals surface area contributed by atoms with Crippen LogP contribution in [0.4, 0.5) is 0 Å². The molecule has 4 aromatic rings. The Hall–Kier alpha value is -2.48. The van der Waals surface area contributed by atoms with Gasteiger partial charge in [-0.2, -0.15) is 5.10 Å². The lowest BCUT2D eigenvalue weighted by molar-refractivity contribution is 0.0955. The molecule has 1 aromatic heterocycles. The van der Waals surface area contributed by atoms with Gasteiger partial charge in [0.15, 0.2) is 4.34 Å². The molecule has 4 rings (SSSR count). The van der Waals surface area contributed by atoms with E-state index in [1.54, 1.807) is 23.1 Å². The van der Waals surface area contributed by atoms with Crippen LogP contribution in [0.25, 0.3) is 10.2 Å². The number of nitrogens with zero attached hydrogens (tertiary/aromatic N) is 2. The van der Waals surface area contributed by atoms with Crippen molar-refractivity contribution in [3.8, 4) is 0 Å². The number of hydrazone groups is 1. The molecule has 0 saturated heterocycles. The van der Waals surface area contributed by atoms with Crippen molar-refractivity contribution in [2.24, 2.45) is 5.10 Å². The van der Waals surface area contributed by atoms with Crippen LogP contribution in [-0.2, 0) is 5.75 Å². The van der Waals surface area contributed by atoms with Gasteiger partial charge in [-0.1, -0.05) is 64.1 Å². The average Bonchev–Trinajstić information content (AvgIpc) is 3.20. The number of nitrogens with one attached hydrogen (secondary N) is 1. The second-order valence-electron chi connectivity index (χ2n) is 6.58. The predicted molar refractivity (Wildman–Crippen MR) is 129 cm³/mol. The van der Waals surface area contributed by atoms with E-state index in [0.29, 0.717) is 5.56 Å². The summed E-state index contributed by atoms with van der Waals surface area (Å²) in [6.07, 6.45) is 0. The first-order chi connectivity index (χ1) is 14.6. The predicted octanol–water partition coefficient (Wildman–Crippen LogP) is 6.51. The molecular formula is C23H18BrN3OS2. The summed E-state index contributed by atoms with van der Waals surface area (Å²) < 4.78 is 3.26. The van der Waals surface area contributed by atoms with E-state index in [1.165, 1.54) is 4.70 Å². The van der Waals surface area contributed by atoms with Crippen LogP contribution in [-0.4, -0.2) is 16.6 Å². The number of hydrogen-bond acceptors (Lipinski definition) is 5. The standard InChI is InChI=1S/C23H18BrN3OS2/c1-15(17-10-12-19(24)13-11-17)26-27-22(28)18-8-6-16(7-9-18)14-29-23-25-20-4-2-3-5-21(20)30-23/h2-13H,14H2,1H3,(H,27,28). The molecule has 0 aliphatic rings. The largest absolute Gasteiger partial charge is 0.271 e. The van der Waals surface area contributed by atoms with Crippen molar-refractivity contribution in [2.45, 2.75) is 17.0 Å². The van der Waals surface area contributed by atoms with E-state index in [9.17, 15) is 4.79 Å². The van der Waals surface area contributed by atoms with Gasteiger partial charge in [0.2, 0.25) is 0 Å². The molecule has 0 saturated carbocycles. The molecule has 1 heterocycles. The van der Waals surface area contributed by atoms with Crippen LogP contribution < -0.4 is 5.43 Å². The van der Waals surface area contributed by atoms with E-state index in [-0.39, 0.29) is 5.91 Å². The third kappa shape index (κ3) is 5.16. The minimum absolute atomic E-state index is 0.225. The number of para-hydroxylation sites is 1. The molecule has 150 valence electrons. The molecule has 4 nitrogen and oxygen atoms in total. The number of rotatable bonds is 6. The van der Waals surface area contributed by atoms with Crippen LogP contribution in [0.5, 0.6) is 0 Å². The summed E-state index contributed by atoms with van der Waals surface area (Å²) in [5.41, 5.74) is 7.10. The number of carbonyl (C=O) groups is 1. The summed E-state index contributed by atoms with van der Waals surface area (Å²) in [7, 11) is 0.